The summed E-state index contributed by atoms with van der Waals surface area (Å²) in [5.74, 6) is -2.95. The molecule has 0 amide bonds. The number of hydrogen-bond acceptors (Lipinski definition) is 4. The van der Waals surface area contributed by atoms with E-state index in [1.54, 1.807) is 0 Å². The Hall–Kier alpha value is -2.51. The number of carbonyl (C=O) groups excluding carboxylic acids is 1. The number of nitrogens with one attached hydrogen (secondary N) is 3. The number of hydrogen-bond donors (Lipinski definition) is 3. The average molecular weight is 256 g/mol. The van der Waals surface area contributed by atoms with Crippen molar-refractivity contribution in [2.45, 2.75) is 6.92 Å². The number of nitrogens with zero attached hydrogens (tertiary/aromatic N) is 1. The molecule has 0 spiro atoms. The minimum absolute atomic E-state index is 0.307. The lowest BCUT2D eigenvalue weighted by Crippen LogP contribution is -2.34. The Balaban J connectivity index is 2.47. The summed E-state index contributed by atoms with van der Waals surface area (Å²) in [4.78, 5) is 14.7. The van der Waals surface area contributed by atoms with Gasteiger partial charge in [-0.1, -0.05) is 6.07 Å². The predicted octanol–water partition coefficient (Wildman–Crippen LogP) is 0.891. The molecule has 0 bridgehead atoms. The van der Waals surface area contributed by atoms with Crippen molar-refractivity contribution in [2.75, 3.05) is 0 Å². The molecule has 0 heterocycles. The highest BCUT2D eigenvalue weighted by atomic mass is 19.2. The van der Waals surface area contributed by atoms with E-state index in [0.717, 1.165) is 19.1 Å². The van der Waals surface area contributed by atoms with Gasteiger partial charge in [-0.15, -0.1) is 0 Å². The summed E-state index contributed by atoms with van der Waals surface area (Å²) in [5, 5.41) is 10.7. The van der Waals surface area contributed by atoms with Crippen molar-refractivity contribution in [2.24, 2.45) is 5.10 Å². The van der Waals surface area contributed by atoms with E-state index in [0.29, 0.717) is 5.56 Å². The summed E-state index contributed by atoms with van der Waals surface area (Å²) in [6.07, 6.45) is 1.17. The van der Waals surface area contributed by atoms with Gasteiger partial charge in [0.15, 0.2) is 11.6 Å². The molecule has 1 aromatic rings. The van der Waals surface area contributed by atoms with Crippen LogP contribution < -0.4 is 10.9 Å². The van der Waals surface area contributed by atoms with E-state index in [1.165, 1.54) is 12.3 Å². The standard InChI is InChI=1S/C10H10F2N4O2/c1-6(17)18-16-10(13)15-14-5-7-2-3-8(11)9(12)4-7/h2-5H,1H3,(H3,13,15,16). The lowest BCUT2D eigenvalue weighted by atomic mass is 10.2. The first-order valence-electron chi connectivity index (χ1n) is 4.75. The maximum Gasteiger partial charge on any atom is 0.329 e. The van der Waals surface area contributed by atoms with E-state index in [-0.39, 0.29) is 5.96 Å². The third-order valence-corrected chi connectivity index (χ3v) is 1.63. The van der Waals surface area contributed by atoms with Gasteiger partial charge in [0, 0.05) is 6.92 Å². The van der Waals surface area contributed by atoms with Crippen molar-refractivity contribution < 1.29 is 18.4 Å². The maximum atomic E-state index is 12.8. The zero-order valence-corrected chi connectivity index (χ0v) is 9.33. The number of rotatable bonds is 2. The molecule has 0 aliphatic carbocycles. The minimum Gasteiger partial charge on any atom is -0.341 e. The second kappa shape index (κ2) is 6.28. The van der Waals surface area contributed by atoms with Crippen LogP contribution in [0.15, 0.2) is 23.3 Å². The van der Waals surface area contributed by atoms with Crippen LogP contribution in [0.2, 0.25) is 0 Å². The van der Waals surface area contributed by atoms with Gasteiger partial charge in [-0.05, 0) is 17.7 Å². The van der Waals surface area contributed by atoms with Gasteiger partial charge in [0.05, 0.1) is 6.21 Å². The van der Waals surface area contributed by atoms with E-state index >= 15 is 0 Å². The van der Waals surface area contributed by atoms with Crippen LogP contribution in [-0.2, 0) is 9.63 Å². The zero-order valence-electron chi connectivity index (χ0n) is 9.33. The molecular weight excluding hydrogens is 246 g/mol. The Morgan fingerprint density at radius 2 is 2.17 bits per heavy atom. The average Bonchev–Trinajstić information content (AvgIpc) is 2.31. The number of carbonyl (C=O) groups is 1. The fraction of sp³-hybridized carbons (Fsp3) is 0.100. The normalized spacial score (nSPS) is 10.2. The highest BCUT2D eigenvalue weighted by molar-refractivity contribution is 5.82. The van der Waals surface area contributed by atoms with Crippen LogP contribution in [-0.4, -0.2) is 18.1 Å². The Labute approximate surface area is 101 Å². The van der Waals surface area contributed by atoms with E-state index in [4.69, 9.17) is 5.41 Å². The number of benzene rings is 1. The highest BCUT2D eigenvalue weighted by Gasteiger charge is 2.00. The number of guanidine groups is 1. The van der Waals surface area contributed by atoms with Crippen LogP contribution in [0.5, 0.6) is 0 Å². The van der Waals surface area contributed by atoms with Crippen molar-refractivity contribution in [1.82, 2.24) is 10.9 Å². The van der Waals surface area contributed by atoms with Crippen molar-refractivity contribution in [3.63, 3.8) is 0 Å². The molecule has 96 valence electrons. The Bertz CT molecular complexity index is 491. The quantitative estimate of drug-likeness (QED) is 0.416. The first kappa shape index (κ1) is 13.6. The van der Waals surface area contributed by atoms with E-state index < -0.39 is 17.6 Å². The number of hydroxylamine groups is 1. The van der Waals surface area contributed by atoms with Crippen LogP contribution >= 0.6 is 0 Å². The lowest BCUT2D eigenvalue weighted by molar-refractivity contribution is -0.145. The van der Waals surface area contributed by atoms with Gasteiger partial charge in [0.1, 0.15) is 0 Å². The molecule has 0 aliphatic rings. The zero-order chi connectivity index (χ0) is 13.5. The van der Waals surface area contributed by atoms with Crippen LogP contribution in [0.1, 0.15) is 12.5 Å². The van der Waals surface area contributed by atoms with Gasteiger partial charge >= 0.3 is 5.97 Å². The molecule has 0 aliphatic heterocycles. The Kier molecular flexibility index (Phi) is 4.73. The highest BCUT2D eigenvalue weighted by Crippen LogP contribution is 2.06. The molecule has 3 N–H and O–H groups in total. The SMILES string of the molecule is CC(=O)ONC(=N)NN=Cc1ccc(F)c(F)c1. The molecule has 0 unspecified atom stereocenters. The second-order valence-corrected chi connectivity index (χ2v) is 3.11. The lowest BCUT2D eigenvalue weighted by Gasteiger charge is -2.04. The maximum absolute atomic E-state index is 12.8. The molecule has 0 radical (unpaired) electrons. The van der Waals surface area contributed by atoms with Crippen molar-refractivity contribution >= 4 is 18.1 Å². The summed E-state index contributed by atoms with van der Waals surface area (Å²) in [6.45, 7) is 1.16. The van der Waals surface area contributed by atoms with Crippen LogP contribution in [0.3, 0.4) is 0 Å². The van der Waals surface area contributed by atoms with Crippen LogP contribution in [0, 0.1) is 17.0 Å². The molecule has 0 atom stereocenters. The molecular formula is C10H10F2N4O2. The predicted molar refractivity (Wildman–Crippen MR) is 59.7 cm³/mol. The number of halogens is 2. The molecule has 0 saturated carbocycles. The monoisotopic (exact) mass is 256 g/mol. The van der Waals surface area contributed by atoms with E-state index in [9.17, 15) is 13.6 Å². The summed E-state index contributed by atoms with van der Waals surface area (Å²) < 4.78 is 25.4. The molecule has 1 aromatic carbocycles. The smallest absolute Gasteiger partial charge is 0.329 e. The topological polar surface area (TPSA) is 86.6 Å². The summed E-state index contributed by atoms with van der Waals surface area (Å²) in [5.41, 5.74) is 4.44. The third-order valence-electron chi connectivity index (χ3n) is 1.63. The third kappa shape index (κ3) is 4.56. The molecule has 0 aromatic heterocycles. The Morgan fingerprint density at radius 3 is 2.78 bits per heavy atom. The van der Waals surface area contributed by atoms with Gasteiger partial charge < -0.3 is 4.84 Å². The summed E-state index contributed by atoms with van der Waals surface area (Å²) in [7, 11) is 0. The van der Waals surface area contributed by atoms with Crippen LogP contribution in [0.4, 0.5) is 8.78 Å². The molecule has 18 heavy (non-hydrogen) atoms. The summed E-state index contributed by atoms with van der Waals surface area (Å²) >= 11 is 0. The Morgan fingerprint density at radius 1 is 1.44 bits per heavy atom. The minimum atomic E-state index is -0.993. The van der Waals surface area contributed by atoms with Gasteiger partial charge in [-0.2, -0.15) is 10.6 Å². The number of hydrazone groups is 1. The first-order chi connectivity index (χ1) is 8.49. The van der Waals surface area contributed by atoms with E-state index in [2.05, 4.69) is 15.4 Å². The molecule has 0 saturated heterocycles. The largest absolute Gasteiger partial charge is 0.341 e. The van der Waals surface area contributed by atoms with Gasteiger partial charge in [-0.25, -0.2) is 14.2 Å². The molecule has 0 fully saturated rings. The van der Waals surface area contributed by atoms with Gasteiger partial charge in [-0.3, -0.25) is 10.2 Å². The van der Waals surface area contributed by atoms with Gasteiger partial charge in [0.2, 0.25) is 5.96 Å². The first-order valence-corrected chi connectivity index (χ1v) is 4.75. The van der Waals surface area contributed by atoms with Crippen molar-refractivity contribution in [1.29, 1.82) is 5.41 Å². The molecule has 8 heteroatoms. The molecule has 1 rings (SSSR count). The van der Waals surface area contributed by atoms with Crippen molar-refractivity contribution in [3.8, 4) is 0 Å². The molecule has 6 nitrogen and oxygen atoms in total. The summed E-state index contributed by atoms with van der Waals surface area (Å²) in [6, 6.07) is 3.22. The fourth-order valence-electron chi connectivity index (χ4n) is 0.910. The second-order valence-electron chi connectivity index (χ2n) is 3.11. The van der Waals surface area contributed by atoms with Crippen molar-refractivity contribution in [3.05, 3.63) is 35.4 Å². The van der Waals surface area contributed by atoms with Gasteiger partial charge in [0.25, 0.3) is 0 Å². The fourth-order valence-corrected chi connectivity index (χ4v) is 0.910. The van der Waals surface area contributed by atoms with E-state index in [1.807, 2.05) is 5.48 Å². The van der Waals surface area contributed by atoms with Crippen LogP contribution in [0.25, 0.3) is 0 Å².